The van der Waals surface area contributed by atoms with Crippen LogP contribution in [0.5, 0.6) is 0 Å². The highest BCUT2D eigenvalue weighted by molar-refractivity contribution is 4.84. The monoisotopic (exact) mass is 252 g/mol. The van der Waals surface area contributed by atoms with Crippen molar-refractivity contribution >= 4 is 0 Å². The molecule has 0 bridgehead atoms. The van der Waals surface area contributed by atoms with Crippen LogP contribution < -0.4 is 5.32 Å². The summed E-state index contributed by atoms with van der Waals surface area (Å²) < 4.78 is 6.18. The van der Waals surface area contributed by atoms with E-state index in [0.717, 1.165) is 12.6 Å². The van der Waals surface area contributed by atoms with Crippen LogP contribution in [0.25, 0.3) is 0 Å². The van der Waals surface area contributed by atoms with E-state index in [2.05, 4.69) is 10.2 Å². The molecule has 1 N–H and O–H groups in total. The van der Waals surface area contributed by atoms with Crippen LogP contribution in [-0.2, 0) is 4.74 Å². The minimum absolute atomic E-state index is 0.488. The first-order chi connectivity index (χ1) is 8.90. The lowest BCUT2D eigenvalue weighted by Crippen LogP contribution is -2.34. The smallest absolute Gasteiger partial charge is 0.0707 e. The van der Waals surface area contributed by atoms with Gasteiger partial charge in [-0.1, -0.05) is 12.8 Å². The van der Waals surface area contributed by atoms with Crippen LogP contribution in [0.1, 0.15) is 51.4 Å². The van der Waals surface area contributed by atoms with Gasteiger partial charge in [0, 0.05) is 19.1 Å². The molecule has 2 saturated heterocycles. The molecule has 2 atom stereocenters. The Morgan fingerprint density at radius 1 is 0.889 bits per heavy atom. The number of nitrogens with zero attached hydrogens (tertiary/aromatic N) is 1. The van der Waals surface area contributed by atoms with Gasteiger partial charge in [-0.25, -0.2) is 0 Å². The molecular weight excluding hydrogens is 224 g/mol. The molecule has 0 spiro atoms. The molecular formula is C15H28N2O. The van der Waals surface area contributed by atoms with Gasteiger partial charge in [0.25, 0.3) is 0 Å². The number of ether oxygens (including phenoxy) is 1. The van der Waals surface area contributed by atoms with E-state index in [-0.39, 0.29) is 0 Å². The second-order valence-electron chi connectivity index (χ2n) is 6.35. The van der Waals surface area contributed by atoms with Crippen LogP contribution in [0.15, 0.2) is 0 Å². The van der Waals surface area contributed by atoms with E-state index in [1.54, 1.807) is 0 Å². The highest BCUT2D eigenvalue weighted by atomic mass is 16.5. The summed E-state index contributed by atoms with van der Waals surface area (Å²) in [6.45, 7) is 4.86. The molecule has 3 aliphatic rings. The molecule has 0 amide bonds. The molecule has 3 fully saturated rings. The number of rotatable bonds is 5. The van der Waals surface area contributed by atoms with Crippen molar-refractivity contribution in [2.24, 2.45) is 0 Å². The highest BCUT2D eigenvalue weighted by Gasteiger charge is 2.29. The Hall–Kier alpha value is -0.120. The molecule has 2 aliphatic heterocycles. The summed E-state index contributed by atoms with van der Waals surface area (Å²) >= 11 is 0. The molecule has 1 saturated carbocycles. The third kappa shape index (κ3) is 3.94. The number of nitrogens with one attached hydrogen (secondary N) is 1. The maximum atomic E-state index is 6.18. The molecule has 3 rings (SSSR count). The van der Waals surface area contributed by atoms with Crippen LogP contribution in [0.4, 0.5) is 0 Å². The van der Waals surface area contributed by atoms with E-state index in [9.17, 15) is 0 Å². The standard InChI is InChI=1S/C15H28N2O/c1-2-4-10-17(9-3-1)12-15-8-7-14(18-15)11-16-13-5-6-13/h13-16H,1-12H2. The Kier molecular flexibility index (Phi) is 4.55. The van der Waals surface area contributed by atoms with E-state index < -0.39 is 0 Å². The van der Waals surface area contributed by atoms with Crippen LogP contribution >= 0.6 is 0 Å². The van der Waals surface area contributed by atoms with Crippen molar-refractivity contribution in [2.75, 3.05) is 26.2 Å². The van der Waals surface area contributed by atoms with Gasteiger partial charge in [0.15, 0.2) is 0 Å². The molecule has 2 heterocycles. The van der Waals surface area contributed by atoms with Crippen molar-refractivity contribution in [3.8, 4) is 0 Å². The maximum Gasteiger partial charge on any atom is 0.0707 e. The third-order valence-corrected chi connectivity index (χ3v) is 4.57. The van der Waals surface area contributed by atoms with Gasteiger partial charge in [0.05, 0.1) is 12.2 Å². The van der Waals surface area contributed by atoms with Crippen molar-refractivity contribution in [2.45, 2.75) is 69.6 Å². The molecule has 0 radical (unpaired) electrons. The van der Waals surface area contributed by atoms with Gasteiger partial charge in [0.1, 0.15) is 0 Å². The molecule has 0 aromatic heterocycles. The molecule has 2 unspecified atom stereocenters. The van der Waals surface area contributed by atoms with E-state index in [0.29, 0.717) is 12.2 Å². The third-order valence-electron chi connectivity index (χ3n) is 4.57. The molecule has 18 heavy (non-hydrogen) atoms. The highest BCUT2D eigenvalue weighted by Crippen LogP contribution is 2.23. The normalized spacial score (nSPS) is 34.7. The topological polar surface area (TPSA) is 24.5 Å². The zero-order valence-corrected chi connectivity index (χ0v) is 11.6. The summed E-state index contributed by atoms with van der Waals surface area (Å²) in [5, 5.41) is 3.59. The molecule has 3 heteroatoms. The molecule has 0 aromatic rings. The van der Waals surface area contributed by atoms with Crippen molar-refractivity contribution in [1.82, 2.24) is 10.2 Å². The fourth-order valence-corrected chi connectivity index (χ4v) is 3.26. The van der Waals surface area contributed by atoms with Gasteiger partial charge < -0.3 is 15.0 Å². The Bertz CT molecular complexity index is 247. The van der Waals surface area contributed by atoms with Crippen molar-refractivity contribution in [3.63, 3.8) is 0 Å². The number of likely N-dealkylation sites (tertiary alicyclic amines) is 1. The lowest BCUT2D eigenvalue weighted by atomic mass is 10.2. The fraction of sp³-hybridized carbons (Fsp3) is 1.00. The van der Waals surface area contributed by atoms with Crippen molar-refractivity contribution < 1.29 is 4.74 Å². The van der Waals surface area contributed by atoms with Gasteiger partial charge in [-0.15, -0.1) is 0 Å². The first-order valence-corrected chi connectivity index (χ1v) is 8.01. The fourth-order valence-electron chi connectivity index (χ4n) is 3.26. The maximum absolute atomic E-state index is 6.18. The van der Waals surface area contributed by atoms with Crippen LogP contribution in [-0.4, -0.2) is 49.3 Å². The minimum Gasteiger partial charge on any atom is -0.372 e. The summed E-state index contributed by atoms with van der Waals surface area (Å²) in [7, 11) is 0. The summed E-state index contributed by atoms with van der Waals surface area (Å²) in [6.07, 6.45) is 11.9. The summed E-state index contributed by atoms with van der Waals surface area (Å²) in [5.41, 5.74) is 0. The zero-order valence-electron chi connectivity index (χ0n) is 11.6. The lowest BCUT2D eigenvalue weighted by molar-refractivity contribution is 0.0238. The van der Waals surface area contributed by atoms with Gasteiger partial charge in [-0.2, -0.15) is 0 Å². The SMILES string of the molecule is C1CCCN(CC2CCC(CNC3CC3)O2)CC1. The van der Waals surface area contributed by atoms with Gasteiger partial charge in [-0.05, 0) is 51.6 Å². The Morgan fingerprint density at radius 2 is 1.61 bits per heavy atom. The Labute approximate surface area is 111 Å². The van der Waals surface area contributed by atoms with Crippen molar-refractivity contribution in [3.05, 3.63) is 0 Å². The Morgan fingerprint density at radius 3 is 2.33 bits per heavy atom. The van der Waals surface area contributed by atoms with E-state index >= 15 is 0 Å². The molecule has 3 nitrogen and oxygen atoms in total. The molecule has 104 valence electrons. The lowest BCUT2D eigenvalue weighted by Gasteiger charge is -2.24. The van der Waals surface area contributed by atoms with E-state index in [4.69, 9.17) is 4.74 Å². The average molecular weight is 252 g/mol. The first kappa shape index (κ1) is 12.9. The predicted octanol–water partition coefficient (Wildman–Crippen LogP) is 2.16. The summed E-state index contributed by atoms with van der Waals surface area (Å²) in [4.78, 5) is 2.63. The summed E-state index contributed by atoms with van der Waals surface area (Å²) in [5.74, 6) is 0. The van der Waals surface area contributed by atoms with Gasteiger partial charge in [-0.3, -0.25) is 0 Å². The van der Waals surface area contributed by atoms with E-state index in [1.165, 1.54) is 71.0 Å². The Balaban J connectivity index is 1.35. The molecule has 0 aromatic carbocycles. The predicted molar refractivity (Wildman–Crippen MR) is 73.8 cm³/mol. The van der Waals surface area contributed by atoms with Crippen molar-refractivity contribution in [1.29, 1.82) is 0 Å². The second-order valence-corrected chi connectivity index (χ2v) is 6.35. The quantitative estimate of drug-likeness (QED) is 0.811. The van der Waals surface area contributed by atoms with Crippen LogP contribution in [0, 0.1) is 0 Å². The number of hydrogen-bond acceptors (Lipinski definition) is 3. The van der Waals surface area contributed by atoms with Crippen LogP contribution in [0.2, 0.25) is 0 Å². The average Bonchev–Trinajstić information content (AvgIpc) is 3.14. The summed E-state index contributed by atoms with van der Waals surface area (Å²) in [6, 6.07) is 0.818. The largest absolute Gasteiger partial charge is 0.372 e. The van der Waals surface area contributed by atoms with Gasteiger partial charge >= 0.3 is 0 Å². The van der Waals surface area contributed by atoms with Crippen LogP contribution in [0.3, 0.4) is 0 Å². The zero-order chi connectivity index (χ0) is 12.2. The first-order valence-electron chi connectivity index (χ1n) is 8.01. The minimum atomic E-state index is 0.488. The number of hydrogen-bond donors (Lipinski definition) is 1. The van der Waals surface area contributed by atoms with Gasteiger partial charge in [0.2, 0.25) is 0 Å². The van der Waals surface area contributed by atoms with E-state index in [1.807, 2.05) is 0 Å². The second kappa shape index (κ2) is 6.36. The molecule has 1 aliphatic carbocycles.